The average Bonchev–Trinajstić information content (AvgIpc) is 2.38. The monoisotopic (exact) mass is 236 g/mol. The molecule has 0 bridgehead atoms. The van der Waals surface area contributed by atoms with E-state index >= 15 is 0 Å². The Hall–Kier alpha value is -1.62. The Morgan fingerprint density at radius 2 is 2.41 bits per heavy atom. The van der Waals surface area contributed by atoms with E-state index in [1.807, 2.05) is 0 Å². The molecule has 1 amide bonds. The van der Waals surface area contributed by atoms with Crippen LogP contribution in [0.25, 0.3) is 0 Å². The Balaban J connectivity index is 2.07. The fraction of sp³-hybridized carbons (Fsp3) is 0.500. The maximum atomic E-state index is 12.1. The topological polar surface area (TPSA) is 62.7 Å². The lowest BCUT2D eigenvalue weighted by atomic mass is 10.1. The third-order valence-corrected chi connectivity index (χ3v) is 2.88. The van der Waals surface area contributed by atoms with Crippen molar-refractivity contribution in [2.24, 2.45) is 0 Å². The van der Waals surface area contributed by atoms with Crippen molar-refractivity contribution in [1.82, 2.24) is 9.88 Å². The normalized spacial score (nSPS) is 20.1. The molecule has 1 N–H and O–H groups in total. The van der Waals surface area contributed by atoms with Crippen LogP contribution in [0.1, 0.15) is 23.2 Å². The summed E-state index contributed by atoms with van der Waals surface area (Å²) in [5.74, 6) is 0.402. The van der Waals surface area contributed by atoms with Gasteiger partial charge >= 0.3 is 0 Å². The van der Waals surface area contributed by atoms with E-state index in [9.17, 15) is 9.90 Å². The zero-order chi connectivity index (χ0) is 12.3. The first-order chi connectivity index (χ1) is 8.20. The fourth-order valence-corrected chi connectivity index (χ4v) is 1.95. The van der Waals surface area contributed by atoms with E-state index in [4.69, 9.17) is 4.74 Å². The van der Waals surface area contributed by atoms with Crippen LogP contribution in [-0.2, 0) is 0 Å². The van der Waals surface area contributed by atoms with Crippen LogP contribution < -0.4 is 4.74 Å². The van der Waals surface area contributed by atoms with Crippen molar-refractivity contribution in [3.63, 3.8) is 0 Å². The van der Waals surface area contributed by atoms with Gasteiger partial charge in [0.15, 0.2) is 0 Å². The van der Waals surface area contributed by atoms with Gasteiger partial charge in [0.25, 0.3) is 5.91 Å². The van der Waals surface area contributed by atoms with E-state index in [0.717, 1.165) is 12.8 Å². The van der Waals surface area contributed by atoms with Crippen LogP contribution in [-0.4, -0.2) is 47.2 Å². The maximum absolute atomic E-state index is 12.1. The number of aliphatic hydroxyl groups is 1. The molecule has 2 rings (SSSR count). The standard InChI is InChI=1S/C12H16N2O3/c1-17-11-5-4-9(7-13-11)12(16)14-6-2-3-10(15)8-14/h4-5,7,10,15H,2-3,6,8H2,1H3/t10-/m1/s1. The Bertz CT molecular complexity index is 391. The van der Waals surface area contributed by atoms with Crippen LogP contribution in [0.4, 0.5) is 0 Å². The van der Waals surface area contributed by atoms with Gasteiger partial charge in [0.05, 0.1) is 18.8 Å². The van der Waals surface area contributed by atoms with Crippen molar-refractivity contribution < 1.29 is 14.6 Å². The first-order valence-corrected chi connectivity index (χ1v) is 5.68. The fourth-order valence-electron chi connectivity index (χ4n) is 1.95. The van der Waals surface area contributed by atoms with Gasteiger partial charge in [0, 0.05) is 25.4 Å². The minimum absolute atomic E-state index is 0.0843. The molecule has 1 aromatic heterocycles. The molecule has 1 aromatic rings. The van der Waals surface area contributed by atoms with E-state index in [-0.39, 0.29) is 5.91 Å². The molecule has 0 unspecified atom stereocenters. The highest BCUT2D eigenvalue weighted by atomic mass is 16.5. The number of rotatable bonds is 2. The molecule has 17 heavy (non-hydrogen) atoms. The summed E-state index contributed by atoms with van der Waals surface area (Å²) in [4.78, 5) is 17.7. The molecular formula is C12H16N2O3. The van der Waals surface area contributed by atoms with Crippen LogP contribution in [0, 0.1) is 0 Å². The van der Waals surface area contributed by atoms with Crippen molar-refractivity contribution in [3.8, 4) is 5.88 Å². The molecule has 0 radical (unpaired) electrons. The zero-order valence-corrected chi connectivity index (χ0v) is 9.80. The third kappa shape index (κ3) is 2.74. The molecule has 0 spiro atoms. The number of aliphatic hydroxyl groups excluding tert-OH is 1. The molecule has 1 aliphatic rings. The number of carbonyl (C=O) groups excluding carboxylic acids is 1. The molecule has 5 heteroatoms. The lowest BCUT2D eigenvalue weighted by Gasteiger charge is -2.30. The van der Waals surface area contributed by atoms with Gasteiger partial charge in [-0.15, -0.1) is 0 Å². The van der Waals surface area contributed by atoms with E-state index < -0.39 is 6.10 Å². The summed E-state index contributed by atoms with van der Waals surface area (Å²) in [5, 5.41) is 9.53. The van der Waals surface area contributed by atoms with E-state index in [2.05, 4.69) is 4.98 Å². The van der Waals surface area contributed by atoms with Gasteiger partial charge in [0.2, 0.25) is 5.88 Å². The second kappa shape index (κ2) is 5.14. The molecule has 0 aromatic carbocycles. The number of amides is 1. The number of methoxy groups -OCH3 is 1. The average molecular weight is 236 g/mol. The highest BCUT2D eigenvalue weighted by Crippen LogP contribution is 2.14. The summed E-state index contributed by atoms with van der Waals surface area (Å²) in [7, 11) is 1.53. The van der Waals surface area contributed by atoms with Gasteiger partial charge in [-0.1, -0.05) is 0 Å². The largest absolute Gasteiger partial charge is 0.481 e. The first-order valence-electron chi connectivity index (χ1n) is 5.68. The summed E-state index contributed by atoms with van der Waals surface area (Å²) in [6, 6.07) is 3.35. The number of nitrogens with zero attached hydrogens (tertiary/aromatic N) is 2. The van der Waals surface area contributed by atoms with Gasteiger partial charge in [-0.3, -0.25) is 4.79 Å². The van der Waals surface area contributed by atoms with E-state index in [1.54, 1.807) is 17.0 Å². The Morgan fingerprint density at radius 1 is 1.59 bits per heavy atom. The van der Waals surface area contributed by atoms with Gasteiger partial charge in [0.1, 0.15) is 0 Å². The first kappa shape index (κ1) is 11.9. The second-order valence-corrected chi connectivity index (χ2v) is 4.14. The van der Waals surface area contributed by atoms with Crippen LogP contribution in [0.5, 0.6) is 5.88 Å². The van der Waals surface area contributed by atoms with Crippen LogP contribution in [0.2, 0.25) is 0 Å². The van der Waals surface area contributed by atoms with E-state index in [1.165, 1.54) is 13.3 Å². The number of pyridine rings is 1. The predicted molar refractivity (Wildman–Crippen MR) is 61.9 cm³/mol. The number of hydrogen-bond acceptors (Lipinski definition) is 4. The molecule has 0 aliphatic carbocycles. The third-order valence-electron chi connectivity index (χ3n) is 2.88. The smallest absolute Gasteiger partial charge is 0.255 e. The maximum Gasteiger partial charge on any atom is 0.255 e. The van der Waals surface area contributed by atoms with Gasteiger partial charge in [-0.25, -0.2) is 4.98 Å². The Kier molecular flexibility index (Phi) is 3.58. The van der Waals surface area contributed by atoms with Crippen molar-refractivity contribution in [3.05, 3.63) is 23.9 Å². The molecule has 1 saturated heterocycles. The SMILES string of the molecule is COc1ccc(C(=O)N2CCC[C@@H](O)C2)cn1. The number of aromatic nitrogens is 1. The minimum Gasteiger partial charge on any atom is -0.481 e. The molecule has 1 fully saturated rings. The predicted octanol–water partition coefficient (Wildman–Crippen LogP) is 0.687. The Labute approximate surface area is 100 Å². The quantitative estimate of drug-likeness (QED) is 0.820. The highest BCUT2D eigenvalue weighted by Gasteiger charge is 2.23. The molecule has 5 nitrogen and oxygen atoms in total. The summed E-state index contributed by atoms with van der Waals surface area (Å²) < 4.78 is 4.94. The van der Waals surface area contributed by atoms with Crippen molar-refractivity contribution in [2.45, 2.75) is 18.9 Å². The number of ether oxygens (including phenoxy) is 1. The van der Waals surface area contributed by atoms with Crippen LogP contribution >= 0.6 is 0 Å². The van der Waals surface area contributed by atoms with Gasteiger partial charge < -0.3 is 14.7 Å². The minimum atomic E-state index is -0.404. The van der Waals surface area contributed by atoms with E-state index in [0.29, 0.717) is 24.5 Å². The number of β-amino-alcohol motifs (C(OH)–C–C–N with tert-alkyl or cyclic N) is 1. The lowest BCUT2D eigenvalue weighted by molar-refractivity contribution is 0.0473. The molecular weight excluding hydrogens is 220 g/mol. The van der Waals surface area contributed by atoms with Crippen LogP contribution in [0.3, 0.4) is 0 Å². The zero-order valence-electron chi connectivity index (χ0n) is 9.80. The molecule has 0 saturated carbocycles. The Morgan fingerprint density at radius 3 is 3.00 bits per heavy atom. The molecule has 1 atom stereocenters. The number of hydrogen-bond donors (Lipinski definition) is 1. The number of carbonyl (C=O) groups is 1. The summed E-state index contributed by atoms with van der Waals surface area (Å²) in [5.41, 5.74) is 0.528. The van der Waals surface area contributed by atoms with Crippen molar-refractivity contribution in [1.29, 1.82) is 0 Å². The van der Waals surface area contributed by atoms with Crippen molar-refractivity contribution >= 4 is 5.91 Å². The van der Waals surface area contributed by atoms with Crippen LogP contribution in [0.15, 0.2) is 18.3 Å². The molecule has 2 heterocycles. The molecule has 1 aliphatic heterocycles. The van der Waals surface area contributed by atoms with Crippen molar-refractivity contribution in [2.75, 3.05) is 20.2 Å². The summed E-state index contributed by atoms with van der Waals surface area (Å²) >= 11 is 0. The summed E-state index contributed by atoms with van der Waals surface area (Å²) in [6.07, 6.45) is 2.71. The lowest BCUT2D eigenvalue weighted by Crippen LogP contribution is -2.42. The number of piperidine rings is 1. The van der Waals surface area contributed by atoms with Gasteiger partial charge in [-0.2, -0.15) is 0 Å². The highest BCUT2D eigenvalue weighted by molar-refractivity contribution is 5.94. The number of likely N-dealkylation sites (tertiary alicyclic amines) is 1. The second-order valence-electron chi connectivity index (χ2n) is 4.14. The summed E-state index contributed by atoms with van der Waals surface area (Å²) in [6.45, 7) is 1.10. The molecule has 92 valence electrons. The van der Waals surface area contributed by atoms with Gasteiger partial charge in [-0.05, 0) is 18.9 Å².